The molecule has 2 aromatic rings. The normalized spacial score (nSPS) is 17.3. The van der Waals surface area contributed by atoms with E-state index in [0.29, 0.717) is 17.2 Å². The Kier molecular flexibility index (Phi) is 3.05. The largest absolute Gasteiger partial charge is 0.311 e. The van der Waals surface area contributed by atoms with E-state index in [2.05, 4.69) is 35.3 Å². The van der Waals surface area contributed by atoms with Gasteiger partial charge in [0.1, 0.15) is 11.3 Å². The van der Waals surface area contributed by atoms with Crippen LogP contribution in [0.25, 0.3) is 11.2 Å². The lowest BCUT2D eigenvalue weighted by Crippen LogP contribution is -2.19. The van der Waals surface area contributed by atoms with E-state index in [4.69, 9.17) is 11.6 Å². The van der Waals surface area contributed by atoms with Gasteiger partial charge in [0.2, 0.25) is 0 Å². The van der Waals surface area contributed by atoms with Crippen LogP contribution in [0.4, 0.5) is 0 Å². The van der Waals surface area contributed by atoms with Crippen LogP contribution in [0.5, 0.6) is 0 Å². The van der Waals surface area contributed by atoms with E-state index < -0.39 is 0 Å². The zero-order valence-corrected chi connectivity index (χ0v) is 12.5. The van der Waals surface area contributed by atoms with Crippen LogP contribution < -0.4 is 0 Å². The number of halogens is 1. The van der Waals surface area contributed by atoms with E-state index in [-0.39, 0.29) is 0 Å². The van der Waals surface area contributed by atoms with Crippen molar-refractivity contribution in [3.8, 4) is 0 Å². The summed E-state index contributed by atoms with van der Waals surface area (Å²) in [5, 5.41) is 0. The molecule has 0 radical (unpaired) electrons. The molecule has 2 aromatic heterocycles. The average Bonchev–Trinajstić information content (AvgIpc) is 3.08. The van der Waals surface area contributed by atoms with Gasteiger partial charge < -0.3 is 4.57 Å². The van der Waals surface area contributed by atoms with E-state index in [1.54, 1.807) is 0 Å². The van der Waals surface area contributed by atoms with Crippen molar-refractivity contribution in [2.45, 2.75) is 46.0 Å². The fraction of sp³-hybridized carbons (Fsp3) is 0.600. The van der Waals surface area contributed by atoms with Crippen LogP contribution in [0.3, 0.4) is 0 Å². The van der Waals surface area contributed by atoms with Gasteiger partial charge in [-0.3, -0.25) is 0 Å². The fourth-order valence-electron chi connectivity index (χ4n) is 2.85. The minimum atomic E-state index is 0.430. The maximum atomic E-state index is 6.07. The van der Waals surface area contributed by atoms with Crippen molar-refractivity contribution in [1.29, 1.82) is 0 Å². The van der Waals surface area contributed by atoms with Crippen LogP contribution in [0.15, 0.2) is 12.3 Å². The van der Waals surface area contributed by atoms with Gasteiger partial charge in [0.15, 0.2) is 5.65 Å². The molecule has 1 aliphatic rings. The van der Waals surface area contributed by atoms with Crippen molar-refractivity contribution in [2.24, 2.45) is 11.3 Å². The molecule has 2 heterocycles. The topological polar surface area (TPSA) is 30.7 Å². The van der Waals surface area contributed by atoms with Gasteiger partial charge in [-0.1, -0.05) is 13.8 Å². The first-order chi connectivity index (χ1) is 9.07. The van der Waals surface area contributed by atoms with Crippen molar-refractivity contribution in [1.82, 2.24) is 14.5 Å². The minimum absolute atomic E-state index is 0.430. The van der Waals surface area contributed by atoms with E-state index in [9.17, 15) is 0 Å². The fourth-order valence-corrected chi connectivity index (χ4v) is 3.05. The van der Waals surface area contributed by atoms with Crippen LogP contribution >= 0.6 is 11.6 Å². The molecular formula is C15H20ClN3. The predicted octanol–water partition coefficient (Wildman–Crippen LogP) is 3.91. The number of aryl methyl sites for hydroxylation is 1. The van der Waals surface area contributed by atoms with Crippen molar-refractivity contribution >= 4 is 22.8 Å². The molecule has 0 aromatic carbocycles. The Labute approximate surface area is 119 Å². The van der Waals surface area contributed by atoms with Crippen molar-refractivity contribution in [3.05, 3.63) is 23.7 Å². The smallest absolute Gasteiger partial charge is 0.160 e. The Morgan fingerprint density at radius 3 is 2.74 bits per heavy atom. The highest BCUT2D eigenvalue weighted by Crippen LogP contribution is 2.53. The summed E-state index contributed by atoms with van der Waals surface area (Å²) in [6, 6.07) is 2.01. The Balaban J connectivity index is 2.09. The van der Waals surface area contributed by atoms with Gasteiger partial charge in [-0.05, 0) is 42.7 Å². The van der Waals surface area contributed by atoms with Crippen molar-refractivity contribution in [2.75, 3.05) is 0 Å². The molecule has 19 heavy (non-hydrogen) atoms. The molecule has 0 aliphatic heterocycles. The quantitative estimate of drug-likeness (QED) is 0.793. The highest BCUT2D eigenvalue weighted by molar-refractivity contribution is 6.16. The Bertz CT molecular complexity index is 611. The molecule has 1 aliphatic carbocycles. The van der Waals surface area contributed by atoms with Gasteiger partial charge in [0.05, 0.1) is 5.88 Å². The molecule has 4 heteroatoms. The summed E-state index contributed by atoms with van der Waals surface area (Å²) in [7, 11) is 0. The first-order valence-electron chi connectivity index (χ1n) is 6.94. The number of alkyl halides is 1. The number of hydrogen-bond donors (Lipinski definition) is 0. The summed E-state index contributed by atoms with van der Waals surface area (Å²) in [5.41, 5.74) is 3.59. The second kappa shape index (κ2) is 4.48. The van der Waals surface area contributed by atoms with Crippen LogP contribution in [-0.2, 0) is 12.4 Å². The average molecular weight is 278 g/mol. The lowest BCUT2D eigenvalue weighted by Gasteiger charge is -2.21. The molecule has 0 bridgehead atoms. The summed E-state index contributed by atoms with van der Waals surface area (Å²) >= 11 is 6.07. The first-order valence-corrected chi connectivity index (χ1v) is 7.47. The third-order valence-electron chi connectivity index (χ3n) is 4.62. The predicted molar refractivity (Wildman–Crippen MR) is 78.3 cm³/mol. The second-order valence-electron chi connectivity index (χ2n) is 6.06. The zero-order valence-electron chi connectivity index (χ0n) is 11.8. The molecule has 0 N–H and O–H groups in total. The third kappa shape index (κ3) is 2.04. The maximum absolute atomic E-state index is 6.07. The van der Waals surface area contributed by atoms with Gasteiger partial charge in [0, 0.05) is 12.7 Å². The number of fused-ring (bicyclic) bond motifs is 1. The standard InChI is InChI=1S/C15H20ClN3/c1-10(2)15(5-6-15)9-19-12(8-16)18-13-11(3)4-7-17-14(13)19/h4,7,10H,5-6,8-9H2,1-3H3. The van der Waals surface area contributed by atoms with E-state index >= 15 is 0 Å². The first kappa shape index (κ1) is 12.9. The molecule has 0 saturated heterocycles. The van der Waals surface area contributed by atoms with Crippen molar-refractivity contribution < 1.29 is 0 Å². The Hall–Kier alpha value is -1.09. The number of hydrogen-bond acceptors (Lipinski definition) is 2. The molecule has 3 rings (SSSR count). The SMILES string of the molecule is Cc1ccnc2c1nc(CCl)n2CC1(C(C)C)CC1. The molecule has 1 fully saturated rings. The summed E-state index contributed by atoms with van der Waals surface area (Å²) < 4.78 is 2.24. The molecule has 0 unspecified atom stereocenters. The lowest BCUT2D eigenvalue weighted by molar-refractivity contribution is 0.309. The van der Waals surface area contributed by atoms with E-state index in [1.165, 1.54) is 18.4 Å². The van der Waals surface area contributed by atoms with E-state index in [1.807, 2.05) is 12.3 Å². The van der Waals surface area contributed by atoms with Crippen molar-refractivity contribution in [3.63, 3.8) is 0 Å². The maximum Gasteiger partial charge on any atom is 0.160 e. The zero-order chi connectivity index (χ0) is 13.6. The summed E-state index contributed by atoms with van der Waals surface area (Å²) in [6.45, 7) is 7.70. The van der Waals surface area contributed by atoms with Crippen LogP contribution in [-0.4, -0.2) is 14.5 Å². The minimum Gasteiger partial charge on any atom is -0.311 e. The monoisotopic (exact) mass is 277 g/mol. The van der Waals surface area contributed by atoms with Gasteiger partial charge >= 0.3 is 0 Å². The summed E-state index contributed by atoms with van der Waals surface area (Å²) in [5.74, 6) is 2.09. The number of rotatable bonds is 4. The number of nitrogens with zero attached hydrogens (tertiary/aromatic N) is 3. The highest BCUT2D eigenvalue weighted by Gasteiger charge is 2.46. The van der Waals surface area contributed by atoms with Gasteiger partial charge in [-0.25, -0.2) is 9.97 Å². The highest BCUT2D eigenvalue weighted by atomic mass is 35.5. The number of aromatic nitrogens is 3. The van der Waals surface area contributed by atoms with Crippen LogP contribution in [0.1, 0.15) is 38.1 Å². The molecule has 0 spiro atoms. The molecule has 0 atom stereocenters. The van der Waals surface area contributed by atoms with Gasteiger partial charge in [-0.15, -0.1) is 11.6 Å². The molecule has 0 amide bonds. The second-order valence-corrected chi connectivity index (χ2v) is 6.33. The Morgan fingerprint density at radius 1 is 1.42 bits per heavy atom. The molecular weight excluding hydrogens is 258 g/mol. The van der Waals surface area contributed by atoms with Gasteiger partial charge in [0.25, 0.3) is 0 Å². The number of imidazole rings is 1. The van der Waals surface area contributed by atoms with E-state index in [0.717, 1.165) is 23.5 Å². The molecule has 3 nitrogen and oxygen atoms in total. The number of pyridine rings is 1. The molecule has 102 valence electrons. The lowest BCUT2D eigenvalue weighted by atomic mass is 9.92. The summed E-state index contributed by atoms with van der Waals surface area (Å²) in [4.78, 5) is 9.19. The molecule has 1 saturated carbocycles. The summed E-state index contributed by atoms with van der Waals surface area (Å²) in [6.07, 6.45) is 4.47. The third-order valence-corrected chi connectivity index (χ3v) is 4.86. The van der Waals surface area contributed by atoms with Crippen LogP contribution in [0.2, 0.25) is 0 Å². The van der Waals surface area contributed by atoms with Gasteiger partial charge in [-0.2, -0.15) is 0 Å². The van der Waals surface area contributed by atoms with Crippen LogP contribution in [0, 0.1) is 18.3 Å². The Morgan fingerprint density at radius 2 is 2.16 bits per heavy atom.